The molecule has 7 nitrogen and oxygen atoms in total. The zero-order valence-corrected chi connectivity index (χ0v) is 10.9. The van der Waals surface area contributed by atoms with Crippen molar-refractivity contribution in [1.82, 2.24) is 9.55 Å². The van der Waals surface area contributed by atoms with E-state index in [4.69, 9.17) is 9.84 Å². The molecule has 1 aromatic rings. The van der Waals surface area contributed by atoms with Gasteiger partial charge in [-0.1, -0.05) is 13.8 Å². The number of hydrogen-bond donors (Lipinski definition) is 3. The van der Waals surface area contributed by atoms with Crippen molar-refractivity contribution < 1.29 is 14.9 Å². The van der Waals surface area contributed by atoms with E-state index < -0.39 is 29.7 Å². The van der Waals surface area contributed by atoms with Crippen LogP contribution in [-0.4, -0.2) is 38.6 Å². The van der Waals surface area contributed by atoms with E-state index in [1.54, 1.807) is 0 Å². The highest BCUT2D eigenvalue weighted by Gasteiger charge is 2.35. The Labute approximate surface area is 109 Å². The smallest absolute Gasteiger partial charge is 0.330 e. The second-order valence-electron chi connectivity index (χ2n) is 5.02. The van der Waals surface area contributed by atoms with Crippen LogP contribution in [0.15, 0.2) is 15.8 Å². The molecule has 1 fully saturated rings. The van der Waals surface area contributed by atoms with Gasteiger partial charge in [0, 0.05) is 18.2 Å². The van der Waals surface area contributed by atoms with Crippen molar-refractivity contribution >= 4 is 0 Å². The Morgan fingerprint density at radius 1 is 1.53 bits per heavy atom. The second-order valence-corrected chi connectivity index (χ2v) is 5.02. The summed E-state index contributed by atoms with van der Waals surface area (Å²) < 4.78 is 6.66. The molecule has 106 valence electrons. The van der Waals surface area contributed by atoms with E-state index in [0.29, 0.717) is 5.56 Å². The molecule has 0 bridgehead atoms. The fourth-order valence-electron chi connectivity index (χ4n) is 2.18. The summed E-state index contributed by atoms with van der Waals surface area (Å²) in [5.74, 6) is -0.0319. The van der Waals surface area contributed by atoms with Crippen LogP contribution in [0.1, 0.15) is 38.0 Å². The number of rotatable bonds is 3. The van der Waals surface area contributed by atoms with Crippen molar-refractivity contribution in [3.63, 3.8) is 0 Å². The van der Waals surface area contributed by atoms with Crippen LogP contribution in [0, 0.1) is 0 Å². The second kappa shape index (κ2) is 5.28. The number of H-pyrrole nitrogens is 1. The quantitative estimate of drug-likeness (QED) is 0.673. The molecule has 2 heterocycles. The SMILES string of the molecule is CC(C)c1cn([C@@H]2CC(O)[C@H](CO)O2)c(=O)[nH]c1=O. The van der Waals surface area contributed by atoms with Gasteiger partial charge in [-0.2, -0.15) is 0 Å². The van der Waals surface area contributed by atoms with Crippen LogP contribution < -0.4 is 11.2 Å². The standard InChI is InChI=1S/C12H18N2O5/c1-6(2)7-4-14(12(18)13-11(7)17)10-3-8(16)9(5-15)19-10/h4,6,8-10,15-16H,3,5H2,1-2H3,(H,13,17,18)/t8?,9-,10-/m0/s1. The van der Waals surface area contributed by atoms with E-state index in [1.807, 2.05) is 13.8 Å². The third-order valence-corrected chi connectivity index (χ3v) is 3.31. The summed E-state index contributed by atoms with van der Waals surface area (Å²) >= 11 is 0. The zero-order chi connectivity index (χ0) is 14.2. The predicted molar refractivity (Wildman–Crippen MR) is 67.0 cm³/mol. The third kappa shape index (κ3) is 2.63. The summed E-state index contributed by atoms with van der Waals surface area (Å²) in [6.07, 6.45) is -0.533. The van der Waals surface area contributed by atoms with Crippen molar-refractivity contribution in [3.05, 3.63) is 32.6 Å². The van der Waals surface area contributed by atoms with Crippen LogP contribution in [0.5, 0.6) is 0 Å². The molecule has 1 aromatic heterocycles. The molecular formula is C12H18N2O5. The molecular weight excluding hydrogens is 252 g/mol. The first kappa shape index (κ1) is 14.0. The lowest BCUT2D eigenvalue weighted by Crippen LogP contribution is -2.34. The largest absolute Gasteiger partial charge is 0.394 e. The van der Waals surface area contributed by atoms with Crippen LogP contribution in [0.25, 0.3) is 0 Å². The van der Waals surface area contributed by atoms with Gasteiger partial charge in [0.15, 0.2) is 0 Å². The highest BCUT2D eigenvalue weighted by molar-refractivity contribution is 5.09. The third-order valence-electron chi connectivity index (χ3n) is 3.31. The van der Waals surface area contributed by atoms with Gasteiger partial charge >= 0.3 is 5.69 Å². The number of hydrogen-bond acceptors (Lipinski definition) is 5. The Kier molecular flexibility index (Phi) is 3.88. The molecule has 7 heteroatoms. The van der Waals surface area contributed by atoms with E-state index in [1.165, 1.54) is 10.8 Å². The van der Waals surface area contributed by atoms with Crippen molar-refractivity contribution in [2.45, 2.75) is 44.6 Å². The number of nitrogens with zero attached hydrogens (tertiary/aromatic N) is 1. The topological polar surface area (TPSA) is 105 Å². The number of aromatic nitrogens is 2. The van der Waals surface area contributed by atoms with E-state index >= 15 is 0 Å². The Morgan fingerprint density at radius 3 is 2.74 bits per heavy atom. The molecule has 0 amide bonds. The molecule has 19 heavy (non-hydrogen) atoms. The molecule has 0 radical (unpaired) electrons. The Hall–Kier alpha value is -1.44. The fourth-order valence-corrected chi connectivity index (χ4v) is 2.18. The maximum Gasteiger partial charge on any atom is 0.330 e. The molecule has 0 saturated carbocycles. The average molecular weight is 270 g/mol. The fraction of sp³-hybridized carbons (Fsp3) is 0.667. The lowest BCUT2D eigenvalue weighted by Gasteiger charge is -2.16. The predicted octanol–water partition coefficient (Wildman–Crippen LogP) is -0.699. The molecule has 1 saturated heterocycles. The highest BCUT2D eigenvalue weighted by atomic mass is 16.5. The summed E-state index contributed by atoms with van der Waals surface area (Å²) in [5.41, 5.74) is -0.510. The van der Waals surface area contributed by atoms with Crippen molar-refractivity contribution in [3.8, 4) is 0 Å². The first-order valence-electron chi connectivity index (χ1n) is 6.23. The van der Waals surface area contributed by atoms with E-state index in [0.717, 1.165) is 0 Å². The number of ether oxygens (including phenoxy) is 1. The lowest BCUT2D eigenvalue weighted by atomic mass is 10.1. The van der Waals surface area contributed by atoms with Crippen LogP contribution in [0.3, 0.4) is 0 Å². The first-order chi connectivity index (χ1) is 8.93. The normalized spacial score (nSPS) is 27.1. The Morgan fingerprint density at radius 2 is 2.21 bits per heavy atom. The van der Waals surface area contributed by atoms with Gasteiger partial charge in [0.1, 0.15) is 12.3 Å². The minimum absolute atomic E-state index is 0.0319. The molecule has 2 rings (SSSR count). The average Bonchev–Trinajstić information content (AvgIpc) is 2.69. The number of aliphatic hydroxyl groups is 2. The number of aliphatic hydroxyl groups excluding tert-OH is 2. The number of aromatic amines is 1. The summed E-state index contributed by atoms with van der Waals surface area (Å²) in [7, 11) is 0. The van der Waals surface area contributed by atoms with Gasteiger partial charge in [0.2, 0.25) is 0 Å². The molecule has 0 aliphatic carbocycles. The van der Waals surface area contributed by atoms with Gasteiger partial charge in [-0.05, 0) is 5.92 Å². The monoisotopic (exact) mass is 270 g/mol. The first-order valence-corrected chi connectivity index (χ1v) is 6.23. The molecule has 0 spiro atoms. The van der Waals surface area contributed by atoms with Crippen molar-refractivity contribution in [1.29, 1.82) is 0 Å². The summed E-state index contributed by atoms with van der Waals surface area (Å²) in [4.78, 5) is 25.7. The molecule has 1 unspecified atom stereocenters. The molecule has 1 aliphatic heterocycles. The Balaban J connectivity index is 2.38. The van der Waals surface area contributed by atoms with Gasteiger partial charge in [-0.3, -0.25) is 14.3 Å². The van der Waals surface area contributed by atoms with Gasteiger partial charge in [0.05, 0.1) is 12.7 Å². The summed E-state index contributed by atoms with van der Waals surface area (Å²) in [5, 5.41) is 18.7. The molecule has 3 atom stereocenters. The van der Waals surface area contributed by atoms with E-state index in [-0.39, 0.29) is 18.9 Å². The van der Waals surface area contributed by atoms with Crippen LogP contribution in [0.4, 0.5) is 0 Å². The molecule has 0 aromatic carbocycles. The van der Waals surface area contributed by atoms with Crippen LogP contribution in [-0.2, 0) is 4.74 Å². The highest BCUT2D eigenvalue weighted by Crippen LogP contribution is 2.27. The van der Waals surface area contributed by atoms with Crippen LogP contribution in [0.2, 0.25) is 0 Å². The van der Waals surface area contributed by atoms with Crippen LogP contribution >= 0.6 is 0 Å². The maximum absolute atomic E-state index is 11.8. The minimum atomic E-state index is -0.823. The number of nitrogens with one attached hydrogen (secondary N) is 1. The molecule has 3 N–H and O–H groups in total. The summed E-state index contributed by atoms with van der Waals surface area (Å²) in [6, 6.07) is 0. The van der Waals surface area contributed by atoms with Gasteiger partial charge < -0.3 is 14.9 Å². The summed E-state index contributed by atoms with van der Waals surface area (Å²) in [6.45, 7) is 3.38. The maximum atomic E-state index is 11.8. The zero-order valence-electron chi connectivity index (χ0n) is 10.9. The van der Waals surface area contributed by atoms with E-state index in [9.17, 15) is 14.7 Å². The Bertz CT molecular complexity index is 562. The van der Waals surface area contributed by atoms with E-state index in [2.05, 4.69) is 4.98 Å². The van der Waals surface area contributed by atoms with Gasteiger partial charge in [-0.25, -0.2) is 4.79 Å². The minimum Gasteiger partial charge on any atom is -0.394 e. The van der Waals surface area contributed by atoms with Gasteiger partial charge in [0.25, 0.3) is 5.56 Å². The van der Waals surface area contributed by atoms with Crippen molar-refractivity contribution in [2.75, 3.05) is 6.61 Å². The van der Waals surface area contributed by atoms with Gasteiger partial charge in [-0.15, -0.1) is 0 Å². The molecule has 1 aliphatic rings. The van der Waals surface area contributed by atoms with Crippen molar-refractivity contribution in [2.24, 2.45) is 0 Å². The lowest BCUT2D eigenvalue weighted by molar-refractivity contribution is -0.0460.